The lowest BCUT2D eigenvalue weighted by Crippen LogP contribution is -2.46. The molecule has 1 aromatic heterocycles. The number of morpholine rings is 1. The van der Waals surface area contributed by atoms with Crippen molar-refractivity contribution in [3.8, 4) is 28.4 Å². The van der Waals surface area contributed by atoms with Gasteiger partial charge >= 0.3 is 5.63 Å². The zero-order valence-electron chi connectivity index (χ0n) is 18.9. The number of fused-ring (bicyclic) bond motifs is 1. The summed E-state index contributed by atoms with van der Waals surface area (Å²) in [4.78, 5) is 15.0. The predicted octanol–water partition coefficient (Wildman–Crippen LogP) is 3.97. The Morgan fingerprint density at radius 3 is 2.44 bits per heavy atom. The molecule has 1 aliphatic rings. The first-order valence-electron chi connectivity index (χ1n) is 10.8. The number of nitrogens with zero attached hydrogens (tertiary/aromatic N) is 1. The zero-order valence-corrected chi connectivity index (χ0v) is 18.9. The van der Waals surface area contributed by atoms with E-state index < -0.39 is 5.63 Å². The maximum Gasteiger partial charge on any atom is 0.344 e. The predicted molar refractivity (Wildman–Crippen MR) is 123 cm³/mol. The Morgan fingerprint density at radius 1 is 0.969 bits per heavy atom. The topological polar surface area (TPSA) is 70.4 Å². The van der Waals surface area contributed by atoms with Gasteiger partial charge in [0.1, 0.15) is 17.9 Å². The minimum absolute atomic E-state index is 0.230. The van der Waals surface area contributed by atoms with Crippen molar-refractivity contribution < 1.29 is 23.4 Å². The van der Waals surface area contributed by atoms with Gasteiger partial charge in [-0.2, -0.15) is 0 Å². The average molecular weight is 440 g/mol. The molecule has 4 rings (SSSR count). The molecule has 0 aliphatic carbocycles. The highest BCUT2D eigenvalue weighted by Gasteiger charge is 2.21. The van der Waals surface area contributed by atoms with Crippen molar-refractivity contribution in [1.82, 2.24) is 4.90 Å². The van der Waals surface area contributed by atoms with E-state index in [1.54, 1.807) is 32.4 Å². The first kappa shape index (κ1) is 22.2. The summed E-state index contributed by atoms with van der Waals surface area (Å²) in [5.41, 5.74) is 1.23. The van der Waals surface area contributed by atoms with Crippen molar-refractivity contribution in [2.45, 2.75) is 26.1 Å². The Hall–Kier alpha value is -3.03. The molecule has 2 aromatic carbocycles. The summed E-state index contributed by atoms with van der Waals surface area (Å²) < 4.78 is 27.9. The molecule has 1 saturated heterocycles. The number of methoxy groups -OCH3 is 2. The molecular weight excluding hydrogens is 410 g/mol. The molecule has 0 bridgehead atoms. The van der Waals surface area contributed by atoms with E-state index in [1.807, 2.05) is 24.3 Å². The third kappa shape index (κ3) is 4.89. The van der Waals surface area contributed by atoms with Crippen LogP contribution in [0.1, 0.15) is 13.8 Å². The normalized spacial score (nSPS) is 19.1. The maximum absolute atomic E-state index is 12.7. The van der Waals surface area contributed by atoms with Gasteiger partial charge in [-0.3, -0.25) is 4.90 Å². The van der Waals surface area contributed by atoms with Crippen molar-refractivity contribution in [2.75, 3.05) is 40.5 Å². The standard InChI is InChI=1S/C25H29NO6/c1-16-14-26(15-17(2)31-16)9-10-30-20-7-5-19-11-21(25(27)32-23(19)13-20)18-6-8-22(28-3)24(12-18)29-4/h5-8,11-13,16-17H,9-10,14-15H2,1-4H3/t16-,17+. The summed E-state index contributed by atoms with van der Waals surface area (Å²) in [6.45, 7) is 7.35. The molecule has 170 valence electrons. The Balaban J connectivity index is 1.49. The highest BCUT2D eigenvalue weighted by molar-refractivity contribution is 5.83. The molecule has 0 unspecified atom stereocenters. The Labute approximate surface area is 187 Å². The van der Waals surface area contributed by atoms with Crippen molar-refractivity contribution in [3.05, 3.63) is 52.9 Å². The summed E-state index contributed by atoms with van der Waals surface area (Å²) in [5.74, 6) is 1.83. The van der Waals surface area contributed by atoms with Gasteiger partial charge in [0.25, 0.3) is 0 Å². The second-order valence-electron chi connectivity index (χ2n) is 8.08. The van der Waals surface area contributed by atoms with Crippen LogP contribution in [-0.4, -0.2) is 57.6 Å². The molecule has 2 heterocycles. The van der Waals surface area contributed by atoms with Crippen LogP contribution in [0.2, 0.25) is 0 Å². The van der Waals surface area contributed by atoms with E-state index >= 15 is 0 Å². The van der Waals surface area contributed by atoms with E-state index in [0.717, 1.165) is 25.0 Å². The van der Waals surface area contributed by atoms with Gasteiger partial charge in [-0.15, -0.1) is 0 Å². The average Bonchev–Trinajstić information content (AvgIpc) is 2.77. The SMILES string of the molecule is COc1ccc(-c2cc3ccc(OCCN4C[C@@H](C)O[C@@H](C)C4)cc3oc2=O)cc1OC. The molecule has 32 heavy (non-hydrogen) atoms. The Morgan fingerprint density at radius 2 is 1.72 bits per heavy atom. The molecule has 3 aromatic rings. The molecule has 0 spiro atoms. The number of rotatable bonds is 7. The minimum Gasteiger partial charge on any atom is -0.493 e. The van der Waals surface area contributed by atoms with E-state index in [0.29, 0.717) is 40.6 Å². The van der Waals surface area contributed by atoms with Gasteiger partial charge in [0.15, 0.2) is 11.5 Å². The number of hydrogen-bond donors (Lipinski definition) is 0. The van der Waals surface area contributed by atoms with Crippen LogP contribution in [0.4, 0.5) is 0 Å². The number of ether oxygens (including phenoxy) is 4. The summed E-state index contributed by atoms with van der Waals surface area (Å²) in [5, 5.41) is 0.817. The molecule has 0 N–H and O–H groups in total. The Bertz CT molecular complexity index is 1130. The zero-order chi connectivity index (χ0) is 22.7. The fourth-order valence-corrected chi connectivity index (χ4v) is 4.15. The monoisotopic (exact) mass is 439 g/mol. The molecule has 1 fully saturated rings. The fourth-order valence-electron chi connectivity index (χ4n) is 4.15. The van der Waals surface area contributed by atoms with Crippen molar-refractivity contribution in [1.29, 1.82) is 0 Å². The summed E-state index contributed by atoms with van der Waals surface area (Å²) in [7, 11) is 3.13. The van der Waals surface area contributed by atoms with Gasteiger partial charge in [-0.25, -0.2) is 4.79 Å². The van der Waals surface area contributed by atoms with E-state index in [4.69, 9.17) is 23.4 Å². The van der Waals surface area contributed by atoms with Crippen molar-refractivity contribution >= 4 is 11.0 Å². The van der Waals surface area contributed by atoms with Gasteiger partial charge in [0, 0.05) is 31.1 Å². The first-order valence-corrected chi connectivity index (χ1v) is 10.8. The molecule has 0 saturated carbocycles. The second-order valence-corrected chi connectivity index (χ2v) is 8.08. The third-order valence-corrected chi connectivity index (χ3v) is 5.57. The molecule has 7 heteroatoms. The lowest BCUT2D eigenvalue weighted by molar-refractivity contribution is -0.0699. The van der Waals surface area contributed by atoms with Crippen LogP contribution < -0.4 is 19.8 Å². The van der Waals surface area contributed by atoms with E-state index in [9.17, 15) is 4.79 Å². The first-order chi connectivity index (χ1) is 15.5. The van der Waals surface area contributed by atoms with Crippen LogP contribution >= 0.6 is 0 Å². The van der Waals surface area contributed by atoms with Crippen LogP contribution in [0.25, 0.3) is 22.1 Å². The van der Waals surface area contributed by atoms with Crippen molar-refractivity contribution in [2.24, 2.45) is 0 Å². The molecular formula is C25H29NO6. The molecule has 0 radical (unpaired) electrons. The van der Waals surface area contributed by atoms with Crippen LogP contribution in [0.5, 0.6) is 17.2 Å². The summed E-state index contributed by atoms with van der Waals surface area (Å²) >= 11 is 0. The van der Waals surface area contributed by atoms with E-state index in [1.165, 1.54) is 0 Å². The van der Waals surface area contributed by atoms with Gasteiger partial charge in [-0.05, 0) is 49.7 Å². The summed E-state index contributed by atoms with van der Waals surface area (Å²) in [6.07, 6.45) is 0.460. The summed E-state index contributed by atoms with van der Waals surface area (Å²) in [6, 6.07) is 12.7. The molecule has 7 nitrogen and oxygen atoms in total. The van der Waals surface area contributed by atoms with Gasteiger partial charge in [-0.1, -0.05) is 6.07 Å². The molecule has 0 amide bonds. The van der Waals surface area contributed by atoms with Crippen molar-refractivity contribution in [3.63, 3.8) is 0 Å². The van der Waals surface area contributed by atoms with E-state index in [-0.39, 0.29) is 12.2 Å². The van der Waals surface area contributed by atoms with E-state index in [2.05, 4.69) is 18.7 Å². The third-order valence-electron chi connectivity index (χ3n) is 5.57. The lowest BCUT2D eigenvalue weighted by atomic mass is 10.1. The second kappa shape index (κ2) is 9.63. The molecule has 2 atom stereocenters. The quantitative estimate of drug-likeness (QED) is 0.516. The number of hydrogen-bond acceptors (Lipinski definition) is 7. The highest BCUT2D eigenvalue weighted by atomic mass is 16.5. The fraction of sp³-hybridized carbons (Fsp3) is 0.400. The van der Waals surface area contributed by atoms with Gasteiger partial charge in [0.2, 0.25) is 0 Å². The Kier molecular flexibility index (Phi) is 6.67. The van der Waals surface area contributed by atoms with Crippen LogP contribution in [-0.2, 0) is 4.74 Å². The lowest BCUT2D eigenvalue weighted by Gasteiger charge is -2.35. The van der Waals surface area contributed by atoms with Crippen LogP contribution in [0.3, 0.4) is 0 Å². The van der Waals surface area contributed by atoms with Crippen LogP contribution in [0.15, 0.2) is 51.7 Å². The smallest absolute Gasteiger partial charge is 0.344 e. The minimum atomic E-state index is -0.418. The van der Waals surface area contributed by atoms with Crippen LogP contribution in [0, 0.1) is 0 Å². The number of benzene rings is 2. The largest absolute Gasteiger partial charge is 0.493 e. The highest BCUT2D eigenvalue weighted by Crippen LogP contribution is 2.32. The van der Waals surface area contributed by atoms with Gasteiger partial charge in [0.05, 0.1) is 32.0 Å². The maximum atomic E-state index is 12.7. The van der Waals surface area contributed by atoms with Gasteiger partial charge < -0.3 is 23.4 Å². The molecule has 1 aliphatic heterocycles.